The lowest BCUT2D eigenvalue weighted by molar-refractivity contribution is 0.867. The van der Waals surface area contributed by atoms with Crippen molar-refractivity contribution in [2.75, 3.05) is 0 Å². The van der Waals surface area contributed by atoms with Gasteiger partial charge in [0.05, 0.1) is 0 Å². The van der Waals surface area contributed by atoms with E-state index in [1.807, 2.05) is 0 Å². The molecule has 9 rings (SSSR count). The van der Waals surface area contributed by atoms with Gasteiger partial charge in [0.2, 0.25) is 0 Å². The van der Waals surface area contributed by atoms with Gasteiger partial charge in [-0.15, -0.1) is 0 Å². The van der Waals surface area contributed by atoms with Crippen molar-refractivity contribution in [2.45, 2.75) is 79.1 Å². The molecule has 5 heterocycles. The number of hydrogen-bond donors (Lipinski definition) is 2. The SMILES string of the molecule is CC(C)c1ccc2c(c1)-c1nc-2nc2[nH]c(nc3nc(nc4[nH]c(n1)c1ccc(C(C)C)cc41)-c1ccc(C(C)C)cc1-3)c1ccc(C(C)C)cc21. The van der Waals surface area contributed by atoms with Gasteiger partial charge < -0.3 is 9.97 Å². The Bertz CT molecular complexity index is 2570. The van der Waals surface area contributed by atoms with E-state index in [0.717, 1.165) is 43.8 Å². The fourth-order valence-electron chi connectivity index (χ4n) is 7.30. The highest BCUT2D eigenvalue weighted by molar-refractivity contribution is 6.06. The monoisotopic (exact) mass is 682 g/mol. The lowest BCUT2D eigenvalue weighted by atomic mass is 9.97. The summed E-state index contributed by atoms with van der Waals surface area (Å²) >= 11 is 0. The molecule has 0 radical (unpaired) electrons. The van der Waals surface area contributed by atoms with E-state index in [9.17, 15) is 0 Å². The third-order valence-corrected chi connectivity index (χ3v) is 10.6. The number of aromatic nitrogens is 8. The fourth-order valence-corrected chi connectivity index (χ4v) is 7.30. The van der Waals surface area contributed by atoms with Crippen molar-refractivity contribution in [3.05, 3.63) is 95.1 Å². The number of nitrogens with one attached hydrogen (secondary N) is 2. The van der Waals surface area contributed by atoms with Crippen LogP contribution in [0.3, 0.4) is 0 Å². The van der Waals surface area contributed by atoms with Gasteiger partial charge in [-0.2, -0.15) is 0 Å². The highest BCUT2D eigenvalue weighted by atomic mass is 15.1. The van der Waals surface area contributed by atoms with Crippen LogP contribution in [0.4, 0.5) is 0 Å². The van der Waals surface area contributed by atoms with Crippen LogP contribution in [-0.2, 0) is 0 Å². The van der Waals surface area contributed by atoms with Gasteiger partial charge in [-0.05, 0) is 70.2 Å². The van der Waals surface area contributed by atoms with Crippen LogP contribution in [-0.4, -0.2) is 39.9 Å². The molecule has 0 aliphatic carbocycles. The summed E-state index contributed by atoms with van der Waals surface area (Å²) in [6.07, 6.45) is 0. The van der Waals surface area contributed by atoms with Gasteiger partial charge in [0.25, 0.3) is 0 Å². The lowest BCUT2D eigenvalue weighted by Gasteiger charge is -2.07. The molecule has 4 aromatic carbocycles. The first-order valence-electron chi connectivity index (χ1n) is 18.4. The highest BCUT2D eigenvalue weighted by Crippen LogP contribution is 2.39. The Labute approximate surface area is 302 Å². The molecule has 0 amide bonds. The second kappa shape index (κ2) is 11.9. The Morgan fingerprint density at radius 2 is 0.635 bits per heavy atom. The van der Waals surface area contributed by atoms with Crippen LogP contribution in [0.25, 0.3) is 89.7 Å². The van der Waals surface area contributed by atoms with Crippen LogP contribution >= 0.6 is 0 Å². The number of aromatic amines is 2. The van der Waals surface area contributed by atoms with Gasteiger partial charge in [0.1, 0.15) is 22.6 Å². The normalized spacial score (nSPS) is 12.5. The molecule has 2 aliphatic heterocycles. The Hall–Kier alpha value is -5.76. The highest BCUT2D eigenvalue weighted by Gasteiger charge is 2.24. The first-order chi connectivity index (χ1) is 25.0. The molecular weight excluding hydrogens is 641 g/mol. The third-order valence-electron chi connectivity index (χ3n) is 10.6. The lowest BCUT2D eigenvalue weighted by Crippen LogP contribution is -1.90. The summed E-state index contributed by atoms with van der Waals surface area (Å²) < 4.78 is 0. The Balaban J connectivity index is 1.47. The molecule has 0 atom stereocenters. The number of benzene rings is 4. The van der Waals surface area contributed by atoms with E-state index in [0.29, 0.717) is 69.6 Å². The van der Waals surface area contributed by atoms with Gasteiger partial charge in [0, 0.05) is 43.8 Å². The zero-order valence-electron chi connectivity index (χ0n) is 30.9. The quantitative estimate of drug-likeness (QED) is 0.191. The molecule has 258 valence electrons. The average Bonchev–Trinajstić information content (AvgIpc) is 3.85. The first-order valence-corrected chi connectivity index (χ1v) is 18.4. The maximum atomic E-state index is 5.26. The van der Waals surface area contributed by atoms with Crippen LogP contribution in [0, 0.1) is 0 Å². The number of rotatable bonds is 4. The zero-order valence-corrected chi connectivity index (χ0v) is 30.9. The van der Waals surface area contributed by atoms with E-state index in [4.69, 9.17) is 29.9 Å². The third kappa shape index (κ3) is 5.19. The van der Waals surface area contributed by atoms with E-state index in [-0.39, 0.29) is 0 Å². The fraction of sp³-hybridized carbons (Fsp3) is 0.273. The Morgan fingerprint density at radius 1 is 0.327 bits per heavy atom. The largest absolute Gasteiger partial charge is 0.324 e. The second-order valence-corrected chi connectivity index (χ2v) is 15.4. The molecular formula is C44H42N8. The van der Waals surface area contributed by atoms with E-state index in [1.165, 1.54) is 22.3 Å². The minimum absolute atomic E-state index is 0.347. The van der Waals surface area contributed by atoms with E-state index < -0.39 is 0 Å². The van der Waals surface area contributed by atoms with Crippen LogP contribution in [0.5, 0.6) is 0 Å². The van der Waals surface area contributed by atoms with Crippen molar-refractivity contribution in [1.29, 1.82) is 0 Å². The molecule has 0 fully saturated rings. The van der Waals surface area contributed by atoms with Crippen LogP contribution in [0.2, 0.25) is 0 Å². The Morgan fingerprint density at radius 3 is 1.00 bits per heavy atom. The van der Waals surface area contributed by atoms with Gasteiger partial charge in [-0.25, -0.2) is 29.9 Å². The standard InChI is InChI=1S/C44H42N8/c1-21(2)25-9-13-29-33(17-25)41-45-37(29)50-42-35-19-27(23(5)6)11-15-31(35)39(47-42)52-44-36-20-28(24(7)8)12-16-32(36)40(48-44)51-43-34-18-26(22(3)4)10-14-30(34)38(46-43)49-41/h9-24H,1-8H3,(H2,45,46,47,48,49,50,51,52). The second-order valence-electron chi connectivity index (χ2n) is 15.4. The summed E-state index contributed by atoms with van der Waals surface area (Å²) in [4.78, 5) is 38.5. The number of fused-ring (bicyclic) bond motifs is 20. The molecule has 0 saturated heterocycles. The van der Waals surface area contributed by atoms with Crippen molar-refractivity contribution < 1.29 is 0 Å². The Kier molecular flexibility index (Phi) is 7.36. The maximum absolute atomic E-state index is 5.26. The van der Waals surface area contributed by atoms with Crippen molar-refractivity contribution in [1.82, 2.24) is 39.9 Å². The molecule has 52 heavy (non-hydrogen) atoms. The van der Waals surface area contributed by atoms with E-state index in [2.05, 4.69) is 138 Å². The molecule has 2 aliphatic rings. The number of H-pyrrole nitrogens is 2. The van der Waals surface area contributed by atoms with E-state index in [1.54, 1.807) is 0 Å². The number of nitrogens with zero attached hydrogens (tertiary/aromatic N) is 6. The first kappa shape index (κ1) is 32.2. The maximum Gasteiger partial charge on any atom is 0.164 e. The predicted octanol–water partition coefficient (Wildman–Crippen LogP) is 11.4. The zero-order chi connectivity index (χ0) is 36.0. The van der Waals surface area contributed by atoms with Crippen molar-refractivity contribution in [2.24, 2.45) is 0 Å². The molecule has 8 nitrogen and oxygen atoms in total. The van der Waals surface area contributed by atoms with Gasteiger partial charge in [-0.3, -0.25) is 0 Å². The summed E-state index contributed by atoms with van der Waals surface area (Å²) in [7, 11) is 0. The van der Waals surface area contributed by atoms with Crippen LogP contribution in [0.1, 0.15) is 101 Å². The summed E-state index contributed by atoms with van der Waals surface area (Å²) in [6, 6.07) is 26.1. The predicted molar refractivity (Wildman–Crippen MR) is 212 cm³/mol. The molecule has 0 unspecified atom stereocenters. The van der Waals surface area contributed by atoms with Crippen LogP contribution < -0.4 is 0 Å². The van der Waals surface area contributed by atoms with E-state index >= 15 is 0 Å². The van der Waals surface area contributed by atoms with Crippen molar-refractivity contribution in [3.63, 3.8) is 0 Å². The summed E-state index contributed by atoms with van der Waals surface area (Å²) in [6.45, 7) is 17.7. The molecule has 0 saturated carbocycles. The topological polar surface area (TPSA) is 109 Å². The molecule has 2 N–H and O–H groups in total. The molecule has 8 bridgehead atoms. The molecule has 0 spiro atoms. The summed E-state index contributed by atoms with van der Waals surface area (Å²) in [5.41, 5.74) is 11.6. The smallest absolute Gasteiger partial charge is 0.164 e. The van der Waals surface area contributed by atoms with Gasteiger partial charge in [-0.1, -0.05) is 104 Å². The summed E-state index contributed by atoms with van der Waals surface area (Å²) in [5.74, 6) is 3.86. The molecule has 7 aromatic rings. The molecule has 3 aromatic heterocycles. The average molecular weight is 683 g/mol. The minimum Gasteiger partial charge on any atom is -0.324 e. The minimum atomic E-state index is 0.347. The van der Waals surface area contributed by atoms with Gasteiger partial charge in [0.15, 0.2) is 23.3 Å². The van der Waals surface area contributed by atoms with Crippen molar-refractivity contribution >= 4 is 44.1 Å². The van der Waals surface area contributed by atoms with Gasteiger partial charge >= 0.3 is 0 Å². The van der Waals surface area contributed by atoms with Crippen molar-refractivity contribution in [3.8, 4) is 45.6 Å². The molecule has 8 heteroatoms. The summed E-state index contributed by atoms with van der Waals surface area (Å²) in [5, 5.41) is 3.94. The number of hydrogen-bond acceptors (Lipinski definition) is 6. The van der Waals surface area contributed by atoms with Crippen LogP contribution in [0.15, 0.2) is 72.8 Å².